The van der Waals surface area contributed by atoms with Crippen LogP contribution in [0.4, 0.5) is 0 Å². The molecule has 0 bridgehead atoms. The Balaban J connectivity index is 3.50. The van der Waals surface area contributed by atoms with E-state index in [1.807, 2.05) is 0 Å². The largest absolute Gasteiger partial charge is 0.390 e. The fourth-order valence-electron chi connectivity index (χ4n) is 0.562. The molecule has 0 aliphatic rings. The monoisotopic (exact) mass is 150 g/mol. The van der Waals surface area contributed by atoms with Gasteiger partial charge in [-0.3, -0.25) is 0 Å². The summed E-state index contributed by atoms with van der Waals surface area (Å²) in [7, 11) is 0. The Morgan fingerprint density at radius 1 is 1.10 bits per heavy atom. The number of aliphatic hydroxyl groups is 3. The fraction of sp³-hybridized carbons (Fsp3) is 1.00. The summed E-state index contributed by atoms with van der Waals surface area (Å²) in [5.74, 6) is 0. The molecule has 0 aromatic heterocycles. The Bertz CT molecular complexity index is 89.0. The summed E-state index contributed by atoms with van der Waals surface area (Å²) in [5, 5.41) is 26.3. The van der Waals surface area contributed by atoms with E-state index < -0.39 is 18.4 Å². The van der Waals surface area contributed by atoms with Crippen LogP contribution in [0.3, 0.4) is 0 Å². The van der Waals surface area contributed by atoms with E-state index in [-0.39, 0.29) is 13.0 Å². The molecule has 0 aromatic carbocycles. The Morgan fingerprint density at radius 3 is 1.90 bits per heavy atom. The van der Waals surface area contributed by atoms with Gasteiger partial charge < -0.3 is 26.8 Å². The maximum Gasteiger partial charge on any atom is 0.105 e. The predicted octanol–water partition coefficient (Wildman–Crippen LogP) is -2.67. The highest BCUT2D eigenvalue weighted by Gasteiger charge is 2.16. The van der Waals surface area contributed by atoms with Crippen LogP contribution in [0.5, 0.6) is 0 Å². The number of rotatable bonds is 4. The van der Waals surface area contributed by atoms with Crippen LogP contribution >= 0.6 is 0 Å². The van der Waals surface area contributed by atoms with Crippen molar-refractivity contribution < 1.29 is 15.3 Å². The summed E-state index contributed by atoms with van der Waals surface area (Å²) in [5.41, 5.74) is 9.95. The van der Waals surface area contributed by atoms with Crippen LogP contribution in [0, 0.1) is 0 Å². The quantitative estimate of drug-likeness (QED) is 0.281. The van der Waals surface area contributed by atoms with Gasteiger partial charge in [-0.25, -0.2) is 0 Å². The second-order valence-corrected chi connectivity index (χ2v) is 2.17. The highest BCUT2D eigenvalue weighted by atomic mass is 16.3. The molecular weight excluding hydrogens is 136 g/mol. The molecule has 5 nitrogen and oxygen atoms in total. The first-order valence-electron chi connectivity index (χ1n) is 3.07. The second kappa shape index (κ2) is 4.59. The molecule has 7 N–H and O–H groups in total. The van der Waals surface area contributed by atoms with E-state index in [0.717, 1.165) is 0 Å². The summed E-state index contributed by atoms with van der Waals surface area (Å²) in [4.78, 5) is 0. The molecule has 5 heteroatoms. The maximum atomic E-state index is 8.92. The summed E-state index contributed by atoms with van der Waals surface area (Å²) in [6.07, 6.45) is -3.20. The van der Waals surface area contributed by atoms with Crippen molar-refractivity contribution in [3.63, 3.8) is 0 Å². The van der Waals surface area contributed by atoms with Gasteiger partial charge in [0.15, 0.2) is 0 Å². The Labute approximate surface area is 59.3 Å². The summed E-state index contributed by atoms with van der Waals surface area (Å²) >= 11 is 0. The van der Waals surface area contributed by atoms with Crippen molar-refractivity contribution in [2.45, 2.75) is 24.9 Å². The number of hydrogen-bond acceptors (Lipinski definition) is 5. The van der Waals surface area contributed by atoms with Gasteiger partial charge in [-0.1, -0.05) is 0 Å². The van der Waals surface area contributed by atoms with Crippen molar-refractivity contribution in [3.05, 3.63) is 0 Å². The van der Waals surface area contributed by atoms with Gasteiger partial charge in [-0.05, 0) is 0 Å². The summed E-state index contributed by atoms with van der Waals surface area (Å²) < 4.78 is 0. The van der Waals surface area contributed by atoms with Crippen molar-refractivity contribution in [2.24, 2.45) is 11.5 Å². The van der Waals surface area contributed by atoms with E-state index in [9.17, 15) is 0 Å². The number of aliphatic hydroxyl groups excluding tert-OH is 3. The molecule has 0 radical (unpaired) electrons. The zero-order valence-corrected chi connectivity index (χ0v) is 5.64. The number of nitrogens with two attached hydrogens (primary N) is 2. The molecule has 0 fully saturated rings. The van der Waals surface area contributed by atoms with Gasteiger partial charge in [0.25, 0.3) is 0 Å². The smallest absolute Gasteiger partial charge is 0.105 e. The minimum Gasteiger partial charge on any atom is -0.390 e. The third-order valence-corrected chi connectivity index (χ3v) is 1.17. The first-order valence-corrected chi connectivity index (χ1v) is 3.07. The van der Waals surface area contributed by atoms with E-state index in [1.54, 1.807) is 0 Å². The van der Waals surface area contributed by atoms with E-state index in [4.69, 9.17) is 26.8 Å². The molecule has 0 spiro atoms. The lowest BCUT2D eigenvalue weighted by molar-refractivity contribution is -0.00599. The lowest BCUT2D eigenvalue weighted by atomic mass is 10.1. The molecule has 0 aromatic rings. The van der Waals surface area contributed by atoms with Crippen molar-refractivity contribution in [1.82, 2.24) is 0 Å². The Hall–Kier alpha value is -0.200. The van der Waals surface area contributed by atoms with E-state index in [2.05, 4.69) is 0 Å². The van der Waals surface area contributed by atoms with Gasteiger partial charge in [-0.15, -0.1) is 0 Å². The van der Waals surface area contributed by atoms with Crippen LogP contribution in [-0.2, 0) is 0 Å². The molecule has 0 aliphatic carbocycles. The van der Waals surface area contributed by atoms with Crippen molar-refractivity contribution in [3.8, 4) is 0 Å². The maximum absolute atomic E-state index is 8.92. The average Bonchev–Trinajstić information content (AvgIpc) is 1.85. The lowest BCUT2D eigenvalue weighted by Gasteiger charge is -2.16. The standard InChI is InChI=1S/C5H14N2O3/c6-2-4(9)3(8)1-5(7)10/h3-5,8-10H,1-2,6-7H2. The zero-order valence-electron chi connectivity index (χ0n) is 5.64. The fourth-order valence-corrected chi connectivity index (χ4v) is 0.562. The molecule has 10 heavy (non-hydrogen) atoms. The van der Waals surface area contributed by atoms with Crippen LogP contribution in [-0.4, -0.2) is 40.3 Å². The topological polar surface area (TPSA) is 113 Å². The lowest BCUT2D eigenvalue weighted by Crippen LogP contribution is -2.37. The van der Waals surface area contributed by atoms with Gasteiger partial charge in [0.2, 0.25) is 0 Å². The Kier molecular flexibility index (Phi) is 4.50. The van der Waals surface area contributed by atoms with Crippen LogP contribution in [0.15, 0.2) is 0 Å². The molecule has 0 heterocycles. The van der Waals surface area contributed by atoms with Crippen molar-refractivity contribution in [1.29, 1.82) is 0 Å². The average molecular weight is 150 g/mol. The third-order valence-electron chi connectivity index (χ3n) is 1.17. The minimum atomic E-state index is -1.10. The van der Waals surface area contributed by atoms with Gasteiger partial charge in [0, 0.05) is 13.0 Å². The molecule has 0 rings (SSSR count). The molecule has 0 saturated heterocycles. The van der Waals surface area contributed by atoms with E-state index in [0.29, 0.717) is 0 Å². The predicted molar refractivity (Wildman–Crippen MR) is 35.9 cm³/mol. The summed E-state index contributed by atoms with van der Waals surface area (Å²) in [6, 6.07) is 0. The third kappa shape index (κ3) is 3.76. The first-order chi connectivity index (χ1) is 4.57. The van der Waals surface area contributed by atoms with Crippen LogP contribution in [0.2, 0.25) is 0 Å². The van der Waals surface area contributed by atoms with Crippen molar-refractivity contribution in [2.75, 3.05) is 6.54 Å². The number of hydrogen-bond donors (Lipinski definition) is 5. The van der Waals surface area contributed by atoms with E-state index in [1.165, 1.54) is 0 Å². The molecule has 3 atom stereocenters. The van der Waals surface area contributed by atoms with Crippen LogP contribution in [0.25, 0.3) is 0 Å². The normalized spacial score (nSPS) is 20.1. The molecule has 62 valence electrons. The molecule has 0 amide bonds. The highest BCUT2D eigenvalue weighted by Crippen LogP contribution is 1.98. The molecular formula is C5H14N2O3. The molecule has 0 aliphatic heterocycles. The minimum absolute atomic E-state index is 0.0338. The van der Waals surface area contributed by atoms with Gasteiger partial charge in [-0.2, -0.15) is 0 Å². The Morgan fingerprint density at radius 2 is 1.60 bits per heavy atom. The zero-order chi connectivity index (χ0) is 8.15. The molecule has 3 unspecified atom stereocenters. The summed E-state index contributed by atoms with van der Waals surface area (Å²) in [6.45, 7) is -0.0338. The second-order valence-electron chi connectivity index (χ2n) is 2.17. The van der Waals surface area contributed by atoms with Crippen molar-refractivity contribution >= 4 is 0 Å². The molecule has 0 saturated carbocycles. The van der Waals surface area contributed by atoms with Crippen LogP contribution < -0.4 is 11.5 Å². The first kappa shape index (κ1) is 9.80. The van der Waals surface area contributed by atoms with Crippen LogP contribution in [0.1, 0.15) is 6.42 Å². The SMILES string of the molecule is NCC(O)C(O)CC(N)O. The van der Waals surface area contributed by atoms with Gasteiger partial charge in [0.05, 0.1) is 12.2 Å². The van der Waals surface area contributed by atoms with Gasteiger partial charge in [0.1, 0.15) is 6.23 Å². The van der Waals surface area contributed by atoms with Gasteiger partial charge >= 0.3 is 0 Å². The highest BCUT2D eigenvalue weighted by molar-refractivity contribution is 4.68. The van der Waals surface area contributed by atoms with E-state index >= 15 is 0 Å².